The lowest BCUT2D eigenvalue weighted by Crippen LogP contribution is -2.18. The third-order valence-corrected chi connectivity index (χ3v) is 2.36. The lowest BCUT2D eigenvalue weighted by molar-refractivity contribution is -0.123. The van der Waals surface area contributed by atoms with Crippen molar-refractivity contribution in [2.75, 3.05) is 13.2 Å². The molecule has 1 aliphatic heterocycles. The van der Waals surface area contributed by atoms with Gasteiger partial charge in [0, 0.05) is 12.5 Å². The van der Waals surface area contributed by atoms with Gasteiger partial charge < -0.3 is 5.32 Å². The van der Waals surface area contributed by atoms with E-state index in [0.717, 1.165) is 6.42 Å². The summed E-state index contributed by atoms with van der Waals surface area (Å²) >= 11 is 0. The number of hydrogen-bond acceptors (Lipinski definition) is 1. The van der Waals surface area contributed by atoms with Crippen LogP contribution in [0.15, 0.2) is 0 Å². The number of hydrogen-bond donors (Lipinski definition) is 1. The summed E-state index contributed by atoms with van der Waals surface area (Å²) < 4.78 is 11.9. The molecule has 1 rings (SSSR count). The lowest BCUT2D eigenvalue weighted by atomic mass is 9.91. The fourth-order valence-corrected chi connectivity index (χ4v) is 1.68. The van der Waals surface area contributed by atoms with E-state index >= 15 is 0 Å². The van der Waals surface area contributed by atoms with Crippen molar-refractivity contribution < 1.29 is 9.18 Å². The van der Waals surface area contributed by atoms with Crippen molar-refractivity contribution in [1.29, 1.82) is 0 Å². The SMILES string of the molecule is CCC1C(=O)NCC1CCF. The Morgan fingerprint density at radius 2 is 2.45 bits per heavy atom. The minimum Gasteiger partial charge on any atom is -0.356 e. The molecular formula is C8H14FNO. The van der Waals surface area contributed by atoms with Crippen molar-refractivity contribution in [1.82, 2.24) is 5.32 Å². The molecule has 1 N–H and O–H groups in total. The van der Waals surface area contributed by atoms with Crippen LogP contribution < -0.4 is 5.32 Å². The van der Waals surface area contributed by atoms with Gasteiger partial charge in [0.2, 0.25) is 5.91 Å². The number of amides is 1. The second-order valence-electron chi connectivity index (χ2n) is 3.00. The van der Waals surface area contributed by atoms with Crippen molar-refractivity contribution in [3.05, 3.63) is 0 Å². The summed E-state index contributed by atoms with van der Waals surface area (Å²) in [5, 5.41) is 2.75. The zero-order chi connectivity index (χ0) is 8.27. The first-order chi connectivity index (χ1) is 5.29. The Morgan fingerprint density at radius 3 is 3.00 bits per heavy atom. The smallest absolute Gasteiger partial charge is 0.223 e. The Bertz CT molecular complexity index is 149. The molecule has 11 heavy (non-hydrogen) atoms. The third kappa shape index (κ3) is 1.70. The first-order valence-corrected chi connectivity index (χ1v) is 4.13. The minimum absolute atomic E-state index is 0.0609. The molecule has 1 aliphatic rings. The second kappa shape index (κ2) is 3.69. The minimum atomic E-state index is -0.309. The molecule has 1 heterocycles. The molecule has 64 valence electrons. The van der Waals surface area contributed by atoms with E-state index in [0.29, 0.717) is 13.0 Å². The van der Waals surface area contributed by atoms with Gasteiger partial charge in [-0.15, -0.1) is 0 Å². The Kier molecular flexibility index (Phi) is 2.85. The van der Waals surface area contributed by atoms with E-state index in [9.17, 15) is 9.18 Å². The molecule has 2 unspecified atom stereocenters. The number of rotatable bonds is 3. The molecule has 0 aromatic heterocycles. The van der Waals surface area contributed by atoms with Gasteiger partial charge >= 0.3 is 0 Å². The van der Waals surface area contributed by atoms with Crippen LogP contribution in [0.4, 0.5) is 4.39 Å². The largest absolute Gasteiger partial charge is 0.356 e. The Morgan fingerprint density at radius 1 is 1.73 bits per heavy atom. The van der Waals surface area contributed by atoms with Gasteiger partial charge in [0.15, 0.2) is 0 Å². The zero-order valence-corrected chi connectivity index (χ0v) is 6.77. The average molecular weight is 159 g/mol. The number of halogens is 1. The van der Waals surface area contributed by atoms with Crippen molar-refractivity contribution in [3.63, 3.8) is 0 Å². The number of nitrogens with one attached hydrogen (secondary N) is 1. The van der Waals surface area contributed by atoms with Crippen molar-refractivity contribution in [3.8, 4) is 0 Å². The Labute approximate surface area is 66.2 Å². The first-order valence-electron chi connectivity index (χ1n) is 4.13. The molecule has 0 radical (unpaired) electrons. The van der Waals surface area contributed by atoms with E-state index in [4.69, 9.17) is 0 Å². The van der Waals surface area contributed by atoms with E-state index in [2.05, 4.69) is 5.32 Å². The highest BCUT2D eigenvalue weighted by Crippen LogP contribution is 2.23. The second-order valence-corrected chi connectivity index (χ2v) is 3.00. The van der Waals surface area contributed by atoms with Crippen LogP contribution >= 0.6 is 0 Å². The number of alkyl halides is 1. The van der Waals surface area contributed by atoms with Crippen LogP contribution in [0.1, 0.15) is 19.8 Å². The van der Waals surface area contributed by atoms with Crippen LogP contribution in [0.5, 0.6) is 0 Å². The van der Waals surface area contributed by atoms with Crippen molar-refractivity contribution in [2.24, 2.45) is 11.8 Å². The number of carbonyl (C=O) groups is 1. The molecule has 0 spiro atoms. The normalized spacial score (nSPS) is 30.5. The van der Waals surface area contributed by atoms with Gasteiger partial charge in [-0.05, 0) is 18.8 Å². The predicted octanol–water partition coefficient (Wildman–Crippen LogP) is 1.12. The van der Waals surface area contributed by atoms with Crippen LogP contribution in [-0.4, -0.2) is 19.1 Å². The quantitative estimate of drug-likeness (QED) is 0.656. The van der Waals surface area contributed by atoms with Gasteiger partial charge in [-0.3, -0.25) is 9.18 Å². The van der Waals surface area contributed by atoms with E-state index in [1.165, 1.54) is 0 Å². The summed E-state index contributed by atoms with van der Waals surface area (Å²) in [6, 6.07) is 0. The van der Waals surface area contributed by atoms with Gasteiger partial charge in [-0.1, -0.05) is 6.92 Å². The molecular weight excluding hydrogens is 145 g/mol. The highest BCUT2D eigenvalue weighted by Gasteiger charge is 2.32. The molecule has 2 nitrogen and oxygen atoms in total. The van der Waals surface area contributed by atoms with E-state index in [-0.39, 0.29) is 24.4 Å². The first kappa shape index (κ1) is 8.50. The van der Waals surface area contributed by atoms with Crippen LogP contribution in [0.25, 0.3) is 0 Å². The van der Waals surface area contributed by atoms with Crippen LogP contribution in [-0.2, 0) is 4.79 Å². The highest BCUT2D eigenvalue weighted by molar-refractivity contribution is 5.81. The summed E-state index contributed by atoms with van der Waals surface area (Å²) in [6.45, 7) is 2.33. The Balaban J connectivity index is 2.47. The average Bonchev–Trinajstić information content (AvgIpc) is 2.33. The monoisotopic (exact) mass is 159 g/mol. The number of carbonyl (C=O) groups excluding carboxylic acids is 1. The zero-order valence-electron chi connectivity index (χ0n) is 6.77. The van der Waals surface area contributed by atoms with Crippen LogP contribution in [0.2, 0.25) is 0 Å². The summed E-state index contributed by atoms with van der Waals surface area (Å²) in [7, 11) is 0. The molecule has 0 bridgehead atoms. The topological polar surface area (TPSA) is 29.1 Å². The molecule has 1 amide bonds. The highest BCUT2D eigenvalue weighted by atomic mass is 19.1. The standard InChI is InChI=1S/C8H14FNO/c1-2-7-6(3-4-9)5-10-8(7)11/h6-7H,2-5H2,1H3,(H,10,11). The molecule has 0 aromatic rings. The molecule has 1 saturated heterocycles. The molecule has 0 aliphatic carbocycles. The molecule has 2 atom stereocenters. The van der Waals surface area contributed by atoms with Crippen molar-refractivity contribution >= 4 is 5.91 Å². The molecule has 1 fully saturated rings. The maximum atomic E-state index is 11.9. The fourth-order valence-electron chi connectivity index (χ4n) is 1.68. The summed E-state index contributed by atoms with van der Waals surface area (Å²) in [4.78, 5) is 11.1. The van der Waals surface area contributed by atoms with E-state index in [1.54, 1.807) is 0 Å². The maximum absolute atomic E-state index is 11.9. The van der Waals surface area contributed by atoms with E-state index in [1.807, 2.05) is 6.92 Å². The van der Waals surface area contributed by atoms with Gasteiger partial charge in [0.05, 0.1) is 6.67 Å². The summed E-state index contributed by atoms with van der Waals surface area (Å²) in [5.41, 5.74) is 0. The lowest BCUT2D eigenvalue weighted by Gasteiger charge is -2.11. The predicted molar refractivity (Wildman–Crippen MR) is 40.9 cm³/mol. The maximum Gasteiger partial charge on any atom is 0.223 e. The van der Waals surface area contributed by atoms with Gasteiger partial charge in [0.25, 0.3) is 0 Å². The van der Waals surface area contributed by atoms with Crippen LogP contribution in [0.3, 0.4) is 0 Å². The Hall–Kier alpha value is -0.600. The summed E-state index contributed by atoms with van der Waals surface area (Å²) in [5.74, 6) is 0.397. The van der Waals surface area contributed by atoms with Crippen molar-refractivity contribution in [2.45, 2.75) is 19.8 Å². The summed E-state index contributed by atoms with van der Waals surface area (Å²) in [6.07, 6.45) is 1.35. The van der Waals surface area contributed by atoms with Crippen LogP contribution in [0, 0.1) is 11.8 Å². The third-order valence-electron chi connectivity index (χ3n) is 2.36. The molecule has 3 heteroatoms. The van der Waals surface area contributed by atoms with E-state index < -0.39 is 0 Å². The van der Waals surface area contributed by atoms with Gasteiger partial charge in [-0.2, -0.15) is 0 Å². The van der Waals surface area contributed by atoms with Gasteiger partial charge in [-0.25, -0.2) is 0 Å². The fraction of sp³-hybridized carbons (Fsp3) is 0.875. The molecule has 0 aromatic carbocycles. The van der Waals surface area contributed by atoms with Gasteiger partial charge in [0.1, 0.15) is 0 Å². The molecule has 0 saturated carbocycles.